The highest BCUT2D eigenvalue weighted by Gasteiger charge is 2.03. The van der Waals surface area contributed by atoms with Crippen LogP contribution in [0.4, 0.5) is 5.69 Å². The van der Waals surface area contributed by atoms with Gasteiger partial charge in [0.25, 0.3) is 0 Å². The molecule has 2 N–H and O–H groups in total. The number of hydrogen-bond donors (Lipinski definition) is 2. The summed E-state index contributed by atoms with van der Waals surface area (Å²) in [6.45, 7) is 3.78. The monoisotopic (exact) mass is 230 g/mol. The molecule has 88 valence electrons. The lowest BCUT2D eigenvalue weighted by molar-refractivity contribution is -0.132. The lowest BCUT2D eigenvalue weighted by Crippen LogP contribution is -2.04. The highest BCUT2D eigenvalue weighted by Crippen LogP contribution is 2.17. The first-order chi connectivity index (χ1) is 8.06. The maximum absolute atomic E-state index is 10.6. The van der Waals surface area contributed by atoms with Crippen LogP contribution in [0.15, 0.2) is 29.8 Å². The van der Waals surface area contributed by atoms with Crippen molar-refractivity contribution < 1.29 is 9.90 Å². The van der Waals surface area contributed by atoms with Gasteiger partial charge in [-0.2, -0.15) is 5.26 Å². The molecule has 0 radical (unpaired) electrons. The van der Waals surface area contributed by atoms with Crippen molar-refractivity contribution in [2.24, 2.45) is 0 Å². The molecule has 0 unspecified atom stereocenters. The Kier molecular flexibility index (Phi) is 4.29. The van der Waals surface area contributed by atoms with Gasteiger partial charge in [-0.3, -0.25) is 0 Å². The van der Waals surface area contributed by atoms with Crippen LogP contribution in [0, 0.1) is 18.3 Å². The van der Waals surface area contributed by atoms with E-state index in [9.17, 15) is 4.79 Å². The zero-order valence-corrected chi connectivity index (χ0v) is 9.82. The van der Waals surface area contributed by atoms with Crippen molar-refractivity contribution in [1.82, 2.24) is 0 Å². The fraction of sp³-hybridized carbons (Fsp3) is 0.231. The summed E-state index contributed by atoms with van der Waals surface area (Å²) in [4.78, 5) is 10.6. The molecule has 0 saturated heterocycles. The molecule has 4 nitrogen and oxygen atoms in total. The first-order valence-corrected chi connectivity index (χ1v) is 5.20. The van der Waals surface area contributed by atoms with Crippen molar-refractivity contribution in [2.45, 2.75) is 13.8 Å². The lowest BCUT2D eigenvalue weighted by Gasteiger charge is -2.07. The van der Waals surface area contributed by atoms with E-state index >= 15 is 0 Å². The molecular weight excluding hydrogens is 216 g/mol. The molecular formula is C13H14N2O2. The van der Waals surface area contributed by atoms with Crippen LogP contribution in [0.25, 0.3) is 0 Å². The number of hydrogen-bond acceptors (Lipinski definition) is 3. The Morgan fingerprint density at radius 3 is 2.88 bits per heavy atom. The van der Waals surface area contributed by atoms with Crippen LogP contribution in [0.1, 0.15) is 18.1 Å². The van der Waals surface area contributed by atoms with Gasteiger partial charge in [0.05, 0.1) is 11.3 Å². The summed E-state index contributed by atoms with van der Waals surface area (Å²) >= 11 is 0. The Morgan fingerprint density at radius 1 is 1.59 bits per heavy atom. The summed E-state index contributed by atoms with van der Waals surface area (Å²) in [5.74, 6) is -0.934. The molecule has 1 aromatic rings. The molecule has 0 aliphatic rings. The number of carbonyl (C=O) groups is 1. The molecule has 4 heteroatoms. The van der Waals surface area contributed by atoms with Gasteiger partial charge in [0.1, 0.15) is 6.07 Å². The topological polar surface area (TPSA) is 73.1 Å². The number of aryl methyl sites for hydroxylation is 1. The zero-order valence-electron chi connectivity index (χ0n) is 9.82. The highest BCUT2D eigenvalue weighted by molar-refractivity contribution is 5.85. The van der Waals surface area contributed by atoms with Gasteiger partial charge in [0.2, 0.25) is 0 Å². The van der Waals surface area contributed by atoms with E-state index in [0.29, 0.717) is 12.1 Å². The molecule has 1 rings (SSSR count). The molecule has 0 aliphatic heterocycles. The third kappa shape index (κ3) is 3.35. The van der Waals surface area contributed by atoms with Crippen LogP contribution < -0.4 is 5.32 Å². The van der Waals surface area contributed by atoms with Gasteiger partial charge in [-0.25, -0.2) is 4.79 Å². The quantitative estimate of drug-likeness (QED) is 0.778. The second kappa shape index (κ2) is 5.71. The van der Waals surface area contributed by atoms with Crippen molar-refractivity contribution in [3.05, 3.63) is 41.0 Å². The maximum atomic E-state index is 10.6. The minimum atomic E-state index is -0.934. The van der Waals surface area contributed by atoms with Gasteiger partial charge < -0.3 is 10.4 Å². The summed E-state index contributed by atoms with van der Waals surface area (Å²) in [6, 6.07) is 7.64. The normalized spacial score (nSPS) is 10.8. The SMILES string of the molecule is C/C(=C/CNc1cccc(C)c1C#N)C(=O)O. The number of nitrogens with zero attached hydrogens (tertiary/aromatic N) is 1. The Bertz CT molecular complexity index is 499. The fourth-order valence-corrected chi connectivity index (χ4v) is 1.36. The summed E-state index contributed by atoms with van der Waals surface area (Å²) in [6.07, 6.45) is 1.58. The summed E-state index contributed by atoms with van der Waals surface area (Å²) in [7, 11) is 0. The van der Waals surface area contributed by atoms with Gasteiger partial charge in [-0.15, -0.1) is 0 Å². The van der Waals surface area contributed by atoms with Gasteiger partial charge >= 0.3 is 5.97 Å². The van der Waals surface area contributed by atoms with E-state index in [0.717, 1.165) is 11.3 Å². The van der Waals surface area contributed by atoms with E-state index in [-0.39, 0.29) is 5.57 Å². The minimum Gasteiger partial charge on any atom is -0.478 e. The van der Waals surface area contributed by atoms with E-state index in [2.05, 4.69) is 11.4 Å². The standard InChI is InChI=1S/C13H14N2O2/c1-9-4-3-5-12(11(9)8-14)15-7-6-10(2)13(16)17/h3-6,15H,7H2,1-2H3,(H,16,17)/b10-6-. The predicted molar refractivity (Wildman–Crippen MR) is 65.8 cm³/mol. The molecule has 0 fully saturated rings. The van der Waals surface area contributed by atoms with Crippen LogP contribution in [-0.2, 0) is 4.79 Å². The van der Waals surface area contributed by atoms with Crippen molar-refractivity contribution in [3.8, 4) is 6.07 Å². The molecule has 0 heterocycles. The molecule has 1 aromatic carbocycles. The lowest BCUT2D eigenvalue weighted by atomic mass is 10.1. The van der Waals surface area contributed by atoms with E-state index in [4.69, 9.17) is 10.4 Å². The number of carboxylic acids is 1. The van der Waals surface area contributed by atoms with Crippen LogP contribution in [-0.4, -0.2) is 17.6 Å². The van der Waals surface area contributed by atoms with E-state index in [1.54, 1.807) is 12.1 Å². The largest absolute Gasteiger partial charge is 0.478 e. The van der Waals surface area contributed by atoms with Gasteiger partial charge in [-0.05, 0) is 25.5 Å². The third-order valence-corrected chi connectivity index (χ3v) is 2.42. The second-order valence-corrected chi connectivity index (χ2v) is 3.68. The number of nitrogens with one attached hydrogen (secondary N) is 1. The average Bonchev–Trinajstić information content (AvgIpc) is 2.29. The molecule has 0 bridgehead atoms. The van der Waals surface area contributed by atoms with Gasteiger partial charge in [0.15, 0.2) is 0 Å². The summed E-state index contributed by atoms with van der Waals surface area (Å²) in [5, 5.41) is 20.7. The Hall–Kier alpha value is -2.28. The molecule has 17 heavy (non-hydrogen) atoms. The number of aliphatic carboxylic acids is 1. The van der Waals surface area contributed by atoms with E-state index in [1.165, 1.54) is 6.92 Å². The van der Waals surface area contributed by atoms with Crippen LogP contribution >= 0.6 is 0 Å². The molecule has 0 spiro atoms. The molecule has 0 aromatic heterocycles. The van der Waals surface area contributed by atoms with Crippen molar-refractivity contribution in [2.75, 3.05) is 11.9 Å². The van der Waals surface area contributed by atoms with E-state index in [1.807, 2.05) is 19.1 Å². The Labute approximate surface area is 100 Å². The average molecular weight is 230 g/mol. The zero-order chi connectivity index (χ0) is 12.8. The van der Waals surface area contributed by atoms with Crippen LogP contribution in [0.2, 0.25) is 0 Å². The highest BCUT2D eigenvalue weighted by atomic mass is 16.4. The van der Waals surface area contributed by atoms with Crippen molar-refractivity contribution in [3.63, 3.8) is 0 Å². The smallest absolute Gasteiger partial charge is 0.331 e. The number of benzene rings is 1. The number of rotatable bonds is 4. The van der Waals surface area contributed by atoms with Gasteiger partial charge in [0, 0.05) is 12.1 Å². The van der Waals surface area contributed by atoms with Crippen LogP contribution in [0.5, 0.6) is 0 Å². The second-order valence-electron chi connectivity index (χ2n) is 3.68. The molecule has 0 aliphatic carbocycles. The first-order valence-electron chi connectivity index (χ1n) is 5.20. The van der Waals surface area contributed by atoms with Crippen molar-refractivity contribution in [1.29, 1.82) is 5.26 Å². The van der Waals surface area contributed by atoms with Gasteiger partial charge in [-0.1, -0.05) is 18.2 Å². The van der Waals surface area contributed by atoms with Crippen molar-refractivity contribution >= 4 is 11.7 Å². The van der Waals surface area contributed by atoms with Crippen LogP contribution in [0.3, 0.4) is 0 Å². The summed E-state index contributed by atoms with van der Waals surface area (Å²) in [5.41, 5.74) is 2.50. The number of carboxylic acid groups (broad SMARTS) is 1. The number of nitriles is 1. The Morgan fingerprint density at radius 2 is 2.29 bits per heavy atom. The van der Waals surface area contributed by atoms with E-state index < -0.39 is 5.97 Å². The minimum absolute atomic E-state index is 0.281. The molecule has 0 amide bonds. The maximum Gasteiger partial charge on any atom is 0.331 e. The molecule has 0 atom stereocenters. The molecule has 0 saturated carbocycles. The summed E-state index contributed by atoms with van der Waals surface area (Å²) < 4.78 is 0. The first kappa shape index (κ1) is 12.8. The predicted octanol–water partition coefficient (Wildman–Crippen LogP) is 2.31. The Balaban J connectivity index is 2.78. The number of anilines is 1. The third-order valence-electron chi connectivity index (χ3n) is 2.42. The fourth-order valence-electron chi connectivity index (χ4n) is 1.36.